The number of hydrogen-bond donors (Lipinski definition) is 6. The molecule has 6 N–H and O–H groups in total. The summed E-state index contributed by atoms with van der Waals surface area (Å²) in [6, 6.07) is 0. The molecule has 0 aromatic carbocycles. The van der Waals surface area contributed by atoms with Crippen molar-refractivity contribution in [3.05, 3.63) is 0 Å². The molecule has 0 heterocycles. The van der Waals surface area contributed by atoms with E-state index >= 15 is 0 Å². The molecule has 1 amide bonds. The summed E-state index contributed by atoms with van der Waals surface area (Å²) in [6.45, 7) is 0.635. The van der Waals surface area contributed by atoms with Crippen molar-refractivity contribution in [2.45, 2.75) is 18.4 Å². The van der Waals surface area contributed by atoms with Gasteiger partial charge in [0.25, 0.3) is 5.08 Å². The standard InChI is InChI=1S/C5H13NO8P2/c1-4(7)6-3-2-5(8,15(9,10)11)16(12,13)14/h8H,2-3H2,1H3,(H,6,7)(H2,9,10,11)(H2,12,13,14). The monoisotopic (exact) mass is 277 g/mol. The van der Waals surface area contributed by atoms with Crippen LogP contribution in [0.15, 0.2) is 0 Å². The zero-order valence-electron chi connectivity index (χ0n) is 8.27. The molecule has 0 unspecified atom stereocenters. The maximum Gasteiger partial charge on any atom is 0.369 e. The maximum atomic E-state index is 10.8. The van der Waals surface area contributed by atoms with Crippen molar-refractivity contribution in [2.75, 3.05) is 6.54 Å². The summed E-state index contributed by atoms with van der Waals surface area (Å²) in [7, 11) is -10.9. The summed E-state index contributed by atoms with van der Waals surface area (Å²) in [4.78, 5) is 45.2. The third kappa shape index (κ3) is 3.64. The van der Waals surface area contributed by atoms with E-state index in [0.29, 0.717) is 0 Å². The molecule has 0 aliphatic rings. The molecule has 0 bridgehead atoms. The molecule has 0 rings (SSSR count). The van der Waals surface area contributed by atoms with Gasteiger partial charge in [0.1, 0.15) is 0 Å². The second-order valence-electron chi connectivity index (χ2n) is 3.10. The minimum absolute atomic E-state index is 0.470. The third-order valence-electron chi connectivity index (χ3n) is 1.77. The molecule has 0 radical (unpaired) electrons. The SMILES string of the molecule is CC(=O)NCCC(O)(P(=O)(O)O)P(=O)(O)O. The van der Waals surface area contributed by atoms with Crippen LogP contribution in [0.25, 0.3) is 0 Å². The summed E-state index contributed by atoms with van der Waals surface area (Å²) in [6.07, 6.45) is -0.957. The molecule has 0 aliphatic heterocycles. The lowest BCUT2D eigenvalue weighted by molar-refractivity contribution is -0.119. The Labute approximate surface area is 90.8 Å². The van der Waals surface area contributed by atoms with Crippen LogP contribution in [-0.4, -0.2) is 42.2 Å². The van der Waals surface area contributed by atoms with Gasteiger partial charge in [-0.25, -0.2) is 0 Å². The van der Waals surface area contributed by atoms with Crippen molar-refractivity contribution in [3.8, 4) is 0 Å². The number of carbonyl (C=O) groups excluding carboxylic acids is 1. The van der Waals surface area contributed by atoms with Crippen LogP contribution in [0.3, 0.4) is 0 Å². The van der Waals surface area contributed by atoms with E-state index in [9.17, 15) is 19.0 Å². The summed E-state index contributed by atoms with van der Waals surface area (Å²) in [5.41, 5.74) is 0. The van der Waals surface area contributed by atoms with Gasteiger partial charge in [-0.15, -0.1) is 0 Å². The minimum Gasteiger partial charge on any atom is -0.367 e. The van der Waals surface area contributed by atoms with Crippen LogP contribution in [0, 0.1) is 0 Å². The fraction of sp³-hybridized carbons (Fsp3) is 0.800. The Morgan fingerprint density at radius 3 is 1.81 bits per heavy atom. The second kappa shape index (κ2) is 4.93. The van der Waals surface area contributed by atoms with Crippen LogP contribution in [0.4, 0.5) is 0 Å². The van der Waals surface area contributed by atoms with E-state index in [1.807, 2.05) is 0 Å². The predicted molar refractivity (Wildman–Crippen MR) is 52.3 cm³/mol. The number of amides is 1. The number of nitrogens with one attached hydrogen (secondary N) is 1. The van der Waals surface area contributed by atoms with Gasteiger partial charge in [-0.2, -0.15) is 0 Å². The van der Waals surface area contributed by atoms with Crippen LogP contribution < -0.4 is 5.32 Å². The van der Waals surface area contributed by atoms with Gasteiger partial charge in [0.15, 0.2) is 0 Å². The van der Waals surface area contributed by atoms with Gasteiger partial charge < -0.3 is 30.0 Å². The smallest absolute Gasteiger partial charge is 0.367 e. The lowest BCUT2D eigenvalue weighted by Gasteiger charge is -2.29. The van der Waals surface area contributed by atoms with Crippen LogP contribution in [-0.2, 0) is 13.9 Å². The highest BCUT2D eigenvalue weighted by molar-refractivity contribution is 7.72. The van der Waals surface area contributed by atoms with Crippen LogP contribution >= 0.6 is 15.2 Å². The predicted octanol–water partition coefficient (Wildman–Crippen LogP) is -1.49. The summed E-state index contributed by atoms with van der Waals surface area (Å²) >= 11 is 0. The van der Waals surface area contributed by atoms with Crippen molar-refractivity contribution in [3.63, 3.8) is 0 Å². The molecule has 0 aromatic rings. The minimum atomic E-state index is -5.43. The first kappa shape index (κ1) is 15.7. The largest absolute Gasteiger partial charge is 0.369 e. The molecule has 96 valence electrons. The maximum absolute atomic E-state index is 10.8. The Bertz CT molecular complexity index is 333. The normalized spacial score (nSPS) is 13.6. The number of hydrogen-bond acceptors (Lipinski definition) is 4. The van der Waals surface area contributed by atoms with E-state index in [1.165, 1.54) is 0 Å². The molecule has 0 fully saturated rings. The molecule has 0 spiro atoms. The third-order valence-corrected chi connectivity index (χ3v) is 5.64. The molecule has 11 heteroatoms. The first-order chi connectivity index (χ1) is 6.92. The van der Waals surface area contributed by atoms with Crippen molar-refractivity contribution >= 4 is 21.1 Å². The Balaban J connectivity index is 4.93. The van der Waals surface area contributed by atoms with Crippen molar-refractivity contribution in [1.82, 2.24) is 5.32 Å². The van der Waals surface area contributed by atoms with Crippen molar-refractivity contribution in [2.24, 2.45) is 0 Å². The summed E-state index contributed by atoms with van der Waals surface area (Å²) in [5.74, 6) is -0.557. The average molecular weight is 277 g/mol. The lowest BCUT2D eigenvalue weighted by Crippen LogP contribution is -2.34. The topological polar surface area (TPSA) is 164 Å². The first-order valence-corrected chi connectivity index (χ1v) is 7.22. The highest BCUT2D eigenvalue weighted by Crippen LogP contribution is 2.68. The van der Waals surface area contributed by atoms with Crippen molar-refractivity contribution < 1.29 is 38.6 Å². The van der Waals surface area contributed by atoms with Gasteiger partial charge in [-0.1, -0.05) is 0 Å². The number of aliphatic hydroxyl groups is 1. The van der Waals surface area contributed by atoms with E-state index in [1.54, 1.807) is 0 Å². The highest BCUT2D eigenvalue weighted by Gasteiger charge is 2.58. The van der Waals surface area contributed by atoms with E-state index < -0.39 is 39.1 Å². The number of rotatable bonds is 5. The summed E-state index contributed by atoms with van der Waals surface area (Å²) < 4.78 is 21.6. The molecule has 0 aliphatic carbocycles. The fourth-order valence-electron chi connectivity index (χ4n) is 0.867. The van der Waals surface area contributed by atoms with Gasteiger partial charge in [0, 0.05) is 19.9 Å². The molecule has 9 nitrogen and oxygen atoms in total. The molecule has 0 saturated heterocycles. The zero-order chi connectivity index (χ0) is 13.2. The Morgan fingerprint density at radius 1 is 1.19 bits per heavy atom. The lowest BCUT2D eigenvalue weighted by atomic mass is 10.4. The zero-order valence-corrected chi connectivity index (χ0v) is 10.1. The van der Waals surface area contributed by atoms with Crippen LogP contribution in [0.5, 0.6) is 0 Å². The second-order valence-corrected chi connectivity index (χ2v) is 7.10. The molecule has 0 atom stereocenters. The molecule has 0 aromatic heterocycles. The van der Waals surface area contributed by atoms with E-state index in [0.717, 1.165) is 6.92 Å². The van der Waals surface area contributed by atoms with Gasteiger partial charge in [-0.05, 0) is 0 Å². The van der Waals surface area contributed by atoms with Gasteiger partial charge >= 0.3 is 15.2 Å². The first-order valence-electron chi connectivity index (χ1n) is 4.00. The molecular weight excluding hydrogens is 264 g/mol. The average Bonchev–Trinajstić information content (AvgIpc) is 1.98. The molecule has 16 heavy (non-hydrogen) atoms. The van der Waals surface area contributed by atoms with Crippen LogP contribution in [0.1, 0.15) is 13.3 Å². The Morgan fingerprint density at radius 2 is 1.56 bits per heavy atom. The van der Waals surface area contributed by atoms with Gasteiger partial charge in [0.05, 0.1) is 0 Å². The van der Waals surface area contributed by atoms with Gasteiger partial charge in [-0.3, -0.25) is 13.9 Å². The van der Waals surface area contributed by atoms with E-state index in [4.69, 9.17) is 19.6 Å². The summed E-state index contributed by atoms with van der Waals surface area (Å²) in [5, 5.41) is 7.91. The van der Waals surface area contributed by atoms with E-state index in [2.05, 4.69) is 5.32 Å². The van der Waals surface area contributed by atoms with E-state index in [-0.39, 0.29) is 0 Å². The highest BCUT2D eigenvalue weighted by atomic mass is 31.2. The quantitative estimate of drug-likeness (QED) is 0.331. The fourth-order valence-corrected chi connectivity index (χ4v) is 3.03. The van der Waals surface area contributed by atoms with Gasteiger partial charge in [0.2, 0.25) is 5.91 Å². The van der Waals surface area contributed by atoms with Crippen LogP contribution in [0.2, 0.25) is 0 Å². The molecular formula is C5H13NO8P2. The Kier molecular flexibility index (Phi) is 4.85. The molecule has 0 saturated carbocycles. The number of carbonyl (C=O) groups is 1. The van der Waals surface area contributed by atoms with Crippen molar-refractivity contribution in [1.29, 1.82) is 0 Å². The Hall–Kier alpha value is -0.270.